The van der Waals surface area contributed by atoms with Gasteiger partial charge >= 0.3 is 0 Å². The van der Waals surface area contributed by atoms with Crippen molar-refractivity contribution in [2.45, 2.75) is 25.3 Å². The van der Waals surface area contributed by atoms with Gasteiger partial charge in [-0.05, 0) is 66.9 Å². The fraction of sp³-hybridized carbons (Fsp3) is 0.296. The summed E-state index contributed by atoms with van der Waals surface area (Å²) in [5.74, 6) is 1.12. The van der Waals surface area contributed by atoms with E-state index in [9.17, 15) is 13.2 Å². The third kappa shape index (κ3) is 6.21. The summed E-state index contributed by atoms with van der Waals surface area (Å²) >= 11 is 0. The Morgan fingerprint density at radius 3 is 2.06 bits per heavy atom. The lowest BCUT2D eigenvalue weighted by atomic mass is 10.1. The van der Waals surface area contributed by atoms with Crippen molar-refractivity contribution < 1.29 is 22.7 Å². The minimum absolute atomic E-state index is 0.103. The van der Waals surface area contributed by atoms with Crippen LogP contribution in [0.4, 0.5) is 0 Å². The maximum Gasteiger partial charge on any atom is 0.260 e. The van der Waals surface area contributed by atoms with Gasteiger partial charge in [0.2, 0.25) is 10.0 Å². The van der Waals surface area contributed by atoms with E-state index in [1.165, 1.54) is 4.31 Å². The normalized spacial score (nSPS) is 14.5. The van der Waals surface area contributed by atoms with E-state index in [1.807, 2.05) is 50.2 Å². The van der Waals surface area contributed by atoms with Crippen LogP contribution < -0.4 is 9.47 Å². The molecule has 0 atom stereocenters. The highest BCUT2D eigenvalue weighted by molar-refractivity contribution is 7.89. The summed E-state index contributed by atoms with van der Waals surface area (Å²) in [6.45, 7) is 5.40. The maximum atomic E-state index is 13.0. The van der Waals surface area contributed by atoms with Crippen LogP contribution in [-0.2, 0) is 21.4 Å². The highest BCUT2D eigenvalue weighted by Crippen LogP contribution is 2.21. The highest BCUT2D eigenvalue weighted by atomic mass is 32.2. The van der Waals surface area contributed by atoms with Crippen molar-refractivity contribution >= 4 is 15.9 Å². The van der Waals surface area contributed by atoms with Crippen LogP contribution in [0.2, 0.25) is 0 Å². The Hall–Kier alpha value is -3.36. The lowest BCUT2D eigenvalue weighted by Gasteiger charge is -2.34. The van der Waals surface area contributed by atoms with Crippen LogP contribution in [0.25, 0.3) is 0 Å². The van der Waals surface area contributed by atoms with Gasteiger partial charge in [0.25, 0.3) is 5.91 Å². The number of aryl methyl sites for hydroxylation is 2. The van der Waals surface area contributed by atoms with Crippen LogP contribution in [0, 0.1) is 13.8 Å². The molecule has 184 valence electrons. The number of nitrogens with zero attached hydrogens (tertiary/aromatic N) is 2. The van der Waals surface area contributed by atoms with E-state index in [0.29, 0.717) is 36.1 Å². The monoisotopic (exact) mass is 494 g/mol. The molecule has 1 amide bonds. The minimum atomic E-state index is -3.58. The summed E-state index contributed by atoms with van der Waals surface area (Å²) in [7, 11) is -3.58. The lowest BCUT2D eigenvalue weighted by Crippen LogP contribution is -2.51. The van der Waals surface area contributed by atoms with Gasteiger partial charge in [-0.1, -0.05) is 36.4 Å². The van der Waals surface area contributed by atoms with E-state index in [-0.39, 0.29) is 25.6 Å². The molecule has 0 unspecified atom stereocenters. The summed E-state index contributed by atoms with van der Waals surface area (Å²) in [5, 5.41) is 0. The molecule has 1 aliphatic rings. The van der Waals surface area contributed by atoms with Crippen LogP contribution in [0.3, 0.4) is 0 Å². The summed E-state index contributed by atoms with van der Waals surface area (Å²) in [6.07, 6.45) is 0. The average molecular weight is 495 g/mol. The van der Waals surface area contributed by atoms with E-state index >= 15 is 0 Å². The number of rotatable bonds is 8. The van der Waals surface area contributed by atoms with Gasteiger partial charge < -0.3 is 14.4 Å². The standard InChI is InChI=1S/C27H30N2O5S/c1-21-8-13-26(18-22(21)2)35(31,32)29-16-14-28(15-17-29)27(30)20-34-25-11-9-24(10-12-25)33-19-23-6-4-3-5-7-23/h3-13,18H,14-17,19-20H2,1-2H3. The van der Waals surface area contributed by atoms with Crippen LogP contribution in [0.5, 0.6) is 11.5 Å². The predicted octanol–water partition coefficient (Wildman–Crippen LogP) is 3.79. The number of hydrogen-bond acceptors (Lipinski definition) is 5. The van der Waals surface area contributed by atoms with Crippen molar-refractivity contribution in [3.05, 3.63) is 89.5 Å². The molecule has 0 saturated carbocycles. The summed E-state index contributed by atoms with van der Waals surface area (Å²) in [5.41, 5.74) is 3.07. The zero-order valence-electron chi connectivity index (χ0n) is 20.0. The first-order valence-corrected chi connectivity index (χ1v) is 13.0. The number of amides is 1. The van der Waals surface area contributed by atoms with Gasteiger partial charge in [0.05, 0.1) is 4.90 Å². The van der Waals surface area contributed by atoms with Gasteiger partial charge in [-0.25, -0.2) is 8.42 Å². The number of ether oxygens (including phenoxy) is 2. The number of piperazine rings is 1. The first-order valence-electron chi connectivity index (χ1n) is 11.6. The molecule has 0 aliphatic carbocycles. The first kappa shape index (κ1) is 24.8. The second-order valence-electron chi connectivity index (χ2n) is 8.57. The van der Waals surface area contributed by atoms with Crippen molar-refractivity contribution in [2.75, 3.05) is 32.8 Å². The molecular weight excluding hydrogens is 464 g/mol. The van der Waals surface area contributed by atoms with Gasteiger partial charge in [0.1, 0.15) is 18.1 Å². The molecule has 1 aliphatic heterocycles. The van der Waals surface area contributed by atoms with Crippen LogP contribution in [0.15, 0.2) is 77.7 Å². The molecule has 1 fully saturated rings. The second kappa shape index (κ2) is 10.9. The van der Waals surface area contributed by atoms with Gasteiger partial charge in [0.15, 0.2) is 6.61 Å². The van der Waals surface area contributed by atoms with Crippen LogP contribution in [0.1, 0.15) is 16.7 Å². The number of hydrogen-bond donors (Lipinski definition) is 0. The highest BCUT2D eigenvalue weighted by Gasteiger charge is 2.30. The third-order valence-electron chi connectivity index (χ3n) is 6.14. The van der Waals surface area contributed by atoms with Gasteiger partial charge in [-0.3, -0.25) is 4.79 Å². The SMILES string of the molecule is Cc1ccc(S(=O)(=O)N2CCN(C(=O)COc3ccc(OCc4ccccc4)cc3)CC2)cc1C. The van der Waals surface area contributed by atoms with Crippen molar-refractivity contribution in [1.82, 2.24) is 9.21 Å². The molecule has 0 aromatic heterocycles. The average Bonchev–Trinajstić information content (AvgIpc) is 2.89. The Kier molecular flexibility index (Phi) is 7.73. The fourth-order valence-electron chi connectivity index (χ4n) is 3.81. The molecular formula is C27H30N2O5S. The molecule has 8 heteroatoms. The van der Waals surface area contributed by atoms with Crippen molar-refractivity contribution in [2.24, 2.45) is 0 Å². The molecule has 7 nitrogen and oxygen atoms in total. The van der Waals surface area contributed by atoms with E-state index in [0.717, 1.165) is 16.7 Å². The van der Waals surface area contributed by atoms with Gasteiger partial charge in [-0.2, -0.15) is 4.31 Å². The fourth-order valence-corrected chi connectivity index (χ4v) is 5.32. The number of benzene rings is 3. The number of carbonyl (C=O) groups is 1. The van der Waals surface area contributed by atoms with E-state index < -0.39 is 10.0 Å². The molecule has 0 N–H and O–H groups in total. The molecule has 1 heterocycles. The molecule has 0 spiro atoms. The molecule has 3 aromatic carbocycles. The molecule has 0 bridgehead atoms. The molecule has 35 heavy (non-hydrogen) atoms. The quantitative estimate of drug-likeness (QED) is 0.476. The van der Waals surface area contributed by atoms with E-state index in [1.54, 1.807) is 41.3 Å². The minimum Gasteiger partial charge on any atom is -0.489 e. The van der Waals surface area contributed by atoms with E-state index in [4.69, 9.17) is 9.47 Å². The zero-order chi connectivity index (χ0) is 24.8. The Morgan fingerprint density at radius 1 is 0.800 bits per heavy atom. The van der Waals surface area contributed by atoms with Gasteiger partial charge in [0, 0.05) is 26.2 Å². The first-order chi connectivity index (χ1) is 16.8. The van der Waals surface area contributed by atoms with Crippen LogP contribution in [-0.4, -0.2) is 56.3 Å². The number of sulfonamides is 1. The van der Waals surface area contributed by atoms with Crippen molar-refractivity contribution in [3.63, 3.8) is 0 Å². The topological polar surface area (TPSA) is 76.2 Å². The molecule has 4 rings (SSSR count). The second-order valence-corrected chi connectivity index (χ2v) is 10.5. The van der Waals surface area contributed by atoms with Gasteiger partial charge in [-0.15, -0.1) is 0 Å². The van der Waals surface area contributed by atoms with Crippen molar-refractivity contribution in [1.29, 1.82) is 0 Å². The van der Waals surface area contributed by atoms with Crippen LogP contribution >= 0.6 is 0 Å². The Labute approximate surface area is 206 Å². The smallest absolute Gasteiger partial charge is 0.260 e. The summed E-state index contributed by atoms with van der Waals surface area (Å²) in [4.78, 5) is 14.5. The Bertz CT molecular complexity index is 1250. The Morgan fingerprint density at radius 2 is 1.43 bits per heavy atom. The summed E-state index contributed by atoms with van der Waals surface area (Å²) in [6, 6.07) is 22.2. The maximum absolute atomic E-state index is 13.0. The lowest BCUT2D eigenvalue weighted by molar-refractivity contribution is -0.134. The van der Waals surface area contributed by atoms with Crippen molar-refractivity contribution in [3.8, 4) is 11.5 Å². The largest absolute Gasteiger partial charge is 0.489 e. The third-order valence-corrected chi connectivity index (χ3v) is 8.04. The molecule has 1 saturated heterocycles. The van der Waals surface area contributed by atoms with E-state index in [2.05, 4.69) is 0 Å². The Balaban J connectivity index is 1.24. The number of carbonyl (C=O) groups excluding carboxylic acids is 1. The molecule has 0 radical (unpaired) electrons. The summed E-state index contributed by atoms with van der Waals surface area (Å²) < 4.78 is 38.8. The molecule has 3 aromatic rings. The predicted molar refractivity (Wildman–Crippen MR) is 134 cm³/mol. The zero-order valence-corrected chi connectivity index (χ0v) is 20.8.